The lowest BCUT2D eigenvalue weighted by Gasteiger charge is -2.28. The van der Waals surface area contributed by atoms with Gasteiger partial charge >= 0.3 is 0 Å². The van der Waals surface area contributed by atoms with Crippen molar-refractivity contribution in [3.8, 4) is 12.3 Å². The molecule has 1 heterocycles. The number of carbonyl (C=O) groups excluding carboxylic acids is 1. The van der Waals surface area contributed by atoms with Gasteiger partial charge in [-0.15, -0.1) is 6.42 Å². The molecule has 1 aliphatic heterocycles. The summed E-state index contributed by atoms with van der Waals surface area (Å²) in [4.78, 5) is 16.6. The molecule has 160 valence electrons. The summed E-state index contributed by atoms with van der Waals surface area (Å²) in [5.74, 6) is 2.98. The number of amides is 1. The van der Waals surface area contributed by atoms with E-state index in [0.717, 1.165) is 57.5 Å². The van der Waals surface area contributed by atoms with Crippen LogP contribution in [0.4, 0.5) is 0 Å². The van der Waals surface area contributed by atoms with E-state index in [4.69, 9.17) is 6.42 Å². The van der Waals surface area contributed by atoms with Crippen molar-refractivity contribution in [2.24, 2.45) is 0 Å². The maximum Gasteiger partial charge on any atom is 0.223 e. The molecule has 0 aromatic heterocycles. The number of nitrogens with one attached hydrogen (secondary N) is 1. The van der Waals surface area contributed by atoms with Gasteiger partial charge in [-0.25, -0.2) is 8.42 Å². The second-order valence-corrected chi connectivity index (χ2v) is 9.75. The van der Waals surface area contributed by atoms with Gasteiger partial charge in [0.25, 0.3) is 0 Å². The van der Waals surface area contributed by atoms with Crippen LogP contribution in [-0.4, -0.2) is 75.7 Å². The highest BCUT2D eigenvalue weighted by atomic mass is 32.2. The van der Waals surface area contributed by atoms with Crippen molar-refractivity contribution >= 4 is 15.7 Å². The van der Waals surface area contributed by atoms with Crippen molar-refractivity contribution in [3.63, 3.8) is 0 Å². The van der Waals surface area contributed by atoms with E-state index in [1.165, 1.54) is 6.26 Å². The molecule has 1 unspecified atom stereocenters. The summed E-state index contributed by atoms with van der Waals surface area (Å²) in [7, 11) is -3.17. The lowest BCUT2D eigenvalue weighted by molar-refractivity contribution is -0.130. The normalized spacial score (nSPS) is 16.5. The molecule has 1 aliphatic rings. The Morgan fingerprint density at radius 3 is 2.62 bits per heavy atom. The van der Waals surface area contributed by atoms with Crippen molar-refractivity contribution in [1.82, 2.24) is 15.1 Å². The maximum absolute atomic E-state index is 12.1. The minimum absolute atomic E-state index is 0.237. The second kappa shape index (κ2) is 11.3. The largest absolute Gasteiger partial charge is 0.341 e. The molecule has 0 saturated carbocycles. The van der Waals surface area contributed by atoms with Gasteiger partial charge in [0.15, 0.2) is 9.84 Å². The molecule has 1 fully saturated rings. The highest BCUT2D eigenvalue weighted by molar-refractivity contribution is 7.90. The van der Waals surface area contributed by atoms with Gasteiger partial charge in [-0.3, -0.25) is 9.69 Å². The Morgan fingerprint density at radius 2 is 1.97 bits per heavy atom. The van der Waals surface area contributed by atoms with E-state index in [2.05, 4.69) is 23.1 Å². The van der Waals surface area contributed by atoms with Gasteiger partial charge in [-0.2, -0.15) is 0 Å². The predicted octanol–water partition coefficient (Wildman–Crippen LogP) is 1.56. The Hall–Kier alpha value is -1.88. The van der Waals surface area contributed by atoms with Crippen molar-refractivity contribution in [2.75, 3.05) is 45.5 Å². The second-order valence-electron chi connectivity index (χ2n) is 7.73. The molecule has 0 bridgehead atoms. The van der Waals surface area contributed by atoms with Crippen LogP contribution in [0.3, 0.4) is 0 Å². The third-order valence-electron chi connectivity index (χ3n) is 5.35. The zero-order valence-electron chi connectivity index (χ0n) is 17.6. The van der Waals surface area contributed by atoms with Crippen molar-refractivity contribution in [3.05, 3.63) is 29.8 Å². The quantitative estimate of drug-likeness (QED) is 0.460. The van der Waals surface area contributed by atoms with E-state index in [9.17, 15) is 13.2 Å². The predicted molar refractivity (Wildman–Crippen MR) is 116 cm³/mol. The molecule has 0 aliphatic carbocycles. The minimum Gasteiger partial charge on any atom is -0.341 e. The van der Waals surface area contributed by atoms with Crippen molar-refractivity contribution in [2.45, 2.75) is 43.5 Å². The van der Waals surface area contributed by atoms with Crippen LogP contribution in [0, 0.1) is 12.3 Å². The SMILES string of the molecule is C#CCN(CCCCN1CCNCCC1=O)C(C)Cc1ccc(S(C)(=O)=O)cc1. The fourth-order valence-corrected chi connectivity index (χ4v) is 4.22. The third-order valence-corrected chi connectivity index (χ3v) is 6.48. The fourth-order valence-electron chi connectivity index (χ4n) is 3.59. The number of hydrogen-bond acceptors (Lipinski definition) is 5. The molecule has 6 nitrogen and oxygen atoms in total. The maximum atomic E-state index is 12.1. The topological polar surface area (TPSA) is 69.7 Å². The summed E-state index contributed by atoms with van der Waals surface area (Å²) in [6.07, 6.45) is 10.1. The molecule has 2 rings (SSSR count). The first-order valence-corrected chi connectivity index (χ1v) is 12.2. The van der Waals surface area contributed by atoms with E-state index in [1.807, 2.05) is 17.0 Å². The minimum atomic E-state index is -3.17. The smallest absolute Gasteiger partial charge is 0.223 e. The van der Waals surface area contributed by atoms with E-state index in [0.29, 0.717) is 17.9 Å². The van der Waals surface area contributed by atoms with E-state index in [-0.39, 0.29) is 11.9 Å². The molecule has 29 heavy (non-hydrogen) atoms. The molecule has 0 spiro atoms. The molecule has 1 saturated heterocycles. The summed E-state index contributed by atoms with van der Waals surface area (Å²) in [5.41, 5.74) is 1.09. The summed E-state index contributed by atoms with van der Waals surface area (Å²) in [5, 5.41) is 3.26. The number of rotatable bonds is 10. The number of benzene rings is 1. The Kier molecular flexibility index (Phi) is 9.15. The lowest BCUT2D eigenvalue weighted by atomic mass is 10.1. The summed E-state index contributed by atoms with van der Waals surface area (Å²) in [6.45, 7) is 6.82. The number of carbonyl (C=O) groups is 1. The summed E-state index contributed by atoms with van der Waals surface area (Å²) < 4.78 is 23.2. The molecule has 1 aromatic rings. The third kappa shape index (κ3) is 7.81. The summed E-state index contributed by atoms with van der Waals surface area (Å²) >= 11 is 0. The number of terminal acetylenes is 1. The molecule has 1 amide bonds. The molecule has 1 aromatic carbocycles. The fraction of sp³-hybridized carbons (Fsp3) is 0.591. The van der Waals surface area contributed by atoms with Crippen LogP contribution in [0.15, 0.2) is 29.2 Å². The van der Waals surface area contributed by atoms with Crippen molar-refractivity contribution in [1.29, 1.82) is 0 Å². The molecule has 0 radical (unpaired) electrons. The summed E-state index contributed by atoms with van der Waals surface area (Å²) in [6, 6.07) is 7.32. The van der Waals surface area contributed by atoms with Gasteiger partial charge in [0.2, 0.25) is 5.91 Å². The molecule has 7 heteroatoms. The Bertz CT molecular complexity index is 800. The van der Waals surface area contributed by atoms with E-state index >= 15 is 0 Å². The molecular formula is C22H33N3O3S. The van der Waals surface area contributed by atoms with Gasteiger partial charge in [-0.05, 0) is 50.4 Å². The number of nitrogens with zero attached hydrogens (tertiary/aromatic N) is 2. The van der Waals surface area contributed by atoms with Crippen LogP contribution in [0.1, 0.15) is 31.7 Å². The number of unbranched alkanes of at least 4 members (excludes halogenated alkanes) is 1. The van der Waals surface area contributed by atoms with E-state index in [1.54, 1.807) is 12.1 Å². The zero-order chi connectivity index (χ0) is 21.3. The highest BCUT2D eigenvalue weighted by Crippen LogP contribution is 2.14. The van der Waals surface area contributed by atoms with Crippen LogP contribution >= 0.6 is 0 Å². The molecule has 1 N–H and O–H groups in total. The Morgan fingerprint density at radius 1 is 1.24 bits per heavy atom. The monoisotopic (exact) mass is 419 g/mol. The van der Waals surface area contributed by atoms with Gasteiger partial charge < -0.3 is 10.2 Å². The number of hydrogen-bond donors (Lipinski definition) is 1. The Balaban J connectivity index is 1.83. The lowest BCUT2D eigenvalue weighted by Crippen LogP contribution is -2.37. The van der Waals surface area contributed by atoms with Gasteiger partial charge in [0.05, 0.1) is 11.4 Å². The van der Waals surface area contributed by atoms with Crippen LogP contribution in [0.5, 0.6) is 0 Å². The van der Waals surface area contributed by atoms with Crippen LogP contribution in [-0.2, 0) is 21.1 Å². The van der Waals surface area contributed by atoms with Gasteiger partial charge in [-0.1, -0.05) is 18.1 Å². The molecule has 1 atom stereocenters. The Labute approximate surface area is 175 Å². The number of sulfone groups is 1. The first-order chi connectivity index (χ1) is 13.8. The van der Waals surface area contributed by atoms with Gasteiger partial charge in [0.1, 0.15) is 0 Å². The van der Waals surface area contributed by atoms with Crippen LogP contribution in [0.25, 0.3) is 0 Å². The van der Waals surface area contributed by atoms with Crippen LogP contribution in [0.2, 0.25) is 0 Å². The van der Waals surface area contributed by atoms with Crippen molar-refractivity contribution < 1.29 is 13.2 Å². The average molecular weight is 420 g/mol. The zero-order valence-corrected chi connectivity index (χ0v) is 18.4. The van der Waals surface area contributed by atoms with E-state index < -0.39 is 9.84 Å². The first kappa shape index (κ1) is 23.4. The van der Waals surface area contributed by atoms with Gasteiger partial charge in [0, 0.05) is 44.9 Å². The standard InChI is InChI=1S/C22H33N3O3S/c1-4-14-24(15-5-6-16-25-17-13-23-12-11-22(25)26)19(2)18-20-7-9-21(10-8-20)29(3,27)28/h1,7-10,19,23H,5-6,11-18H2,2-3H3. The molecular weight excluding hydrogens is 386 g/mol. The average Bonchev–Trinajstić information content (AvgIpc) is 2.88. The first-order valence-electron chi connectivity index (χ1n) is 10.3. The van der Waals surface area contributed by atoms with Crippen LogP contribution < -0.4 is 5.32 Å². The highest BCUT2D eigenvalue weighted by Gasteiger charge is 2.17.